The van der Waals surface area contributed by atoms with Gasteiger partial charge < -0.3 is 10.6 Å². The molecule has 68 valence electrons. The number of guanidine groups is 1. The van der Waals surface area contributed by atoms with Crippen molar-refractivity contribution in [3.63, 3.8) is 0 Å². The number of hydrogen-bond acceptors (Lipinski definition) is 1. The van der Waals surface area contributed by atoms with E-state index in [-0.39, 0.29) is 5.54 Å². The number of rotatable bonds is 1. The van der Waals surface area contributed by atoms with Crippen molar-refractivity contribution in [2.75, 3.05) is 6.54 Å². The summed E-state index contributed by atoms with van der Waals surface area (Å²) in [5.74, 6) is 0.877. The van der Waals surface area contributed by atoms with Crippen molar-refractivity contribution in [2.45, 2.75) is 33.2 Å². The molecule has 0 amide bonds. The third-order valence-electron chi connectivity index (χ3n) is 1.65. The van der Waals surface area contributed by atoms with Gasteiger partial charge in [0.15, 0.2) is 5.96 Å². The molecule has 0 aromatic rings. The Balaban J connectivity index is 2.79. The van der Waals surface area contributed by atoms with Crippen molar-refractivity contribution in [1.29, 1.82) is 0 Å². The quantitative estimate of drug-likeness (QED) is 0.616. The van der Waals surface area contributed by atoms with Gasteiger partial charge in [-0.1, -0.05) is 0 Å². The van der Waals surface area contributed by atoms with Crippen LogP contribution in [0.4, 0.5) is 0 Å². The minimum absolute atomic E-state index is 0.0172. The molecule has 0 aromatic heterocycles. The smallest absolute Gasteiger partial charge is 0.196 e. The van der Waals surface area contributed by atoms with Crippen LogP contribution in [0.2, 0.25) is 0 Å². The van der Waals surface area contributed by atoms with Gasteiger partial charge in [0.2, 0.25) is 0 Å². The van der Waals surface area contributed by atoms with Crippen LogP contribution in [0.25, 0.3) is 0 Å². The van der Waals surface area contributed by atoms with Crippen LogP contribution < -0.4 is 10.6 Å². The number of nitrogens with zero attached hydrogens (tertiary/aromatic N) is 1. The summed E-state index contributed by atoms with van der Waals surface area (Å²) in [6, 6.07) is 0. The van der Waals surface area contributed by atoms with Crippen LogP contribution in [0.15, 0.2) is 16.8 Å². The zero-order valence-corrected chi connectivity index (χ0v) is 8.23. The highest BCUT2D eigenvalue weighted by Crippen LogP contribution is 2.10. The molecule has 0 saturated carbocycles. The Hall–Kier alpha value is -0.990. The van der Waals surface area contributed by atoms with Gasteiger partial charge in [-0.2, -0.15) is 0 Å². The maximum atomic E-state index is 4.28. The van der Waals surface area contributed by atoms with Crippen LogP contribution in [0.5, 0.6) is 0 Å². The van der Waals surface area contributed by atoms with E-state index < -0.39 is 0 Å². The van der Waals surface area contributed by atoms with Gasteiger partial charge in [-0.15, -0.1) is 0 Å². The Morgan fingerprint density at radius 3 is 2.67 bits per heavy atom. The van der Waals surface area contributed by atoms with Gasteiger partial charge in [-0.05, 0) is 33.8 Å². The molecule has 3 heteroatoms. The van der Waals surface area contributed by atoms with Gasteiger partial charge in [0.25, 0.3) is 0 Å². The van der Waals surface area contributed by atoms with E-state index in [9.17, 15) is 0 Å². The molecule has 0 atom stereocenters. The van der Waals surface area contributed by atoms with Crippen molar-refractivity contribution in [3.8, 4) is 0 Å². The van der Waals surface area contributed by atoms with E-state index in [1.165, 1.54) is 0 Å². The molecule has 1 aliphatic rings. The maximum absolute atomic E-state index is 4.28. The summed E-state index contributed by atoms with van der Waals surface area (Å²) in [5.41, 5.74) is 1.18. The second-order valence-corrected chi connectivity index (χ2v) is 3.62. The predicted molar refractivity (Wildman–Crippen MR) is 52.1 cm³/mol. The standard InChI is InChI=1S/C9H17N3/c1-5-10-8-11-7(2)6-9(3,4)12-8/h6H,5H2,1-4H3,(H2,10,11,12). The first-order valence-corrected chi connectivity index (χ1v) is 4.32. The van der Waals surface area contributed by atoms with E-state index in [4.69, 9.17) is 0 Å². The van der Waals surface area contributed by atoms with Gasteiger partial charge in [0.1, 0.15) is 0 Å². The number of aliphatic imine (C=N–C) groups is 1. The van der Waals surface area contributed by atoms with Crippen LogP contribution in [-0.2, 0) is 0 Å². The lowest BCUT2D eigenvalue weighted by atomic mass is 10.0. The number of hydrogen-bond donors (Lipinski definition) is 2. The summed E-state index contributed by atoms with van der Waals surface area (Å²) < 4.78 is 0. The first-order chi connectivity index (χ1) is 5.53. The van der Waals surface area contributed by atoms with Gasteiger partial charge in [-0.3, -0.25) is 4.99 Å². The monoisotopic (exact) mass is 167 g/mol. The molecule has 2 N–H and O–H groups in total. The average Bonchev–Trinajstić information content (AvgIpc) is 1.82. The number of allylic oxidation sites excluding steroid dienone is 1. The fourth-order valence-electron chi connectivity index (χ4n) is 1.37. The number of nitrogens with one attached hydrogen (secondary N) is 2. The molecule has 3 nitrogen and oxygen atoms in total. The van der Waals surface area contributed by atoms with Crippen LogP contribution >= 0.6 is 0 Å². The molecule has 0 unspecified atom stereocenters. The summed E-state index contributed by atoms with van der Waals surface area (Å²) in [4.78, 5) is 4.28. The largest absolute Gasteiger partial charge is 0.348 e. The second kappa shape index (κ2) is 3.17. The zero-order chi connectivity index (χ0) is 9.19. The van der Waals surface area contributed by atoms with Crippen molar-refractivity contribution >= 4 is 5.96 Å². The summed E-state index contributed by atoms with van der Waals surface area (Å²) in [6.07, 6.45) is 2.15. The van der Waals surface area contributed by atoms with Crippen molar-refractivity contribution in [3.05, 3.63) is 11.8 Å². The van der Waals surface area contributed by atoms with Crippen LogP contribution in [0.3, 0.4) is 0 Å². The molecular formula is C9H17N3. The molecular weight excluding hydrogens is 150 g/mol. The Morgan fingerprint density at radius 1 is 1.50 bits per heavy atom. The summed E-state index contributed by atoms with van der Waals surface area (Å²) in [5, 5.41) is 6.46. The molecule has 0 aliphatic carbocycles. The predicted octanol–water partition coefficient (Wildman–Crippen LogP) is 1.24. The van der Waals surface area contributed by atoms with Crippen LogP contribution in [0, 0.1) is 0 Å². The van der Waals surface area contributed by atoms with Gasteiger partial charge in [0.05, 0.1) is 5.54 Å². The normalized spacial score (nSPS) is 24.3. The van der Waals surface area contributed by atoms with E-state index in [2.05, 4.69) is 35.5 Å². The average molecular weight is 167 g/mol. The lowest BCUT2D eigenvalue weighted by molar-refractivity contribution is 0.543. The van der Waals surface area contributed by atoms with E-state index in [1.807, 2.05) is 13.8 Å². The second-order valence-electron chi connectivity index (χ2n) is 3.62. The Morgan fingerprint density at radius 2 is 2.17 bits per heavy atom. The maximum Gasteiger partial charge on any atom is 0.196 e. The van der Waals surface area contributed by atoms with E-state index in [1.54, 1.807) is 0 Å². The Labute approximate surface area is 74.0 Å². The van der Waals surface area contributed by atoms with Crippen molar-refractivity contribution in [1.82, 2.24) is 10.6 Å². The molecule has 0 aromatic carbocycles. The van der Waals surface area contributed by atoms with Crippen molar-refractivity contribution < 1.29 is 0 Å². The molecule has 0 fully saturated rings. The summed E-state index contributed by atoms with van der Waals surface area (Å²) in [7, 11) is 0. The third-order valence-corrected chi connectivity index (χ3v) is 1.65. The summed E-state index contributed by atoms with van der Waals surface area (Å²) >= 11 is 0. The minimum atomic E-state index is 0.0172. The highest BCUT2D eigenvalue weighted by Gasteiger charge is 2.20. The third kappa shape index (κ3) is 2.26. The molecule has 1 heterocycles. The molecule has 1 aliphatic heterocycles. The van der Waals surface area contributed by atoms with Crippen LogP contribution in [0.1, 0.15) is 27.7 Å². The molecule has 0 bridgehead atoms. The fourth-order valence-corrected chi connectivity index (χ4v) is 1.37. The topological polar surface area (TPSA) is 36.4 Å². The molecule has 0 spiro atoms. The Kier molecular flexibility index (Phi) is 2.40. The zero-order valence-electron chi connectivity index (χ0n) is 8.23. The highest BCUT2D eigenvalue weighted by molar-refractivity contribution is 5.83. The molecule has 1 rings (SSSR count). The lowest BCUT2D eigenvalue weighted by Crippen LogP contribution is -2.52. The molecule has 0 radical (unpaired) electrons. The SMILES string of the molecule is CCN=C1NC(C)=CC(C)(C)N1. The van der Waals surface area contributed by atoms with Gasteiger partial charge in [-0.25, -0.2) is 0 Å². The van der Waals surface area contributed by atoms with E-state index in [0.29, 0.717) is 0 Å². The highest BCUT2D eigenvalue weighted by atomic mass is 15.2. The first-order valence-electron chi connectivity index (χ1n) is 4.32. The lowest BCUT2D eigenvalue weighted by Gasteiger charge is -2.31. The van der Waals surface area contributed by atoms with Crippen molar-refractivity contribution in [2.24, 2.45) is 4.99 Å². The summed E-state index contributed by atoms with van der Waals surface area (Å²) in [6.45, 7) is 9.13. The van der Waals surface area contributed by atoms with Gasteiger partial charge in [0, 0.05) is 12.2 Å². The van der Waals surface area contributed by atoms with E-state index in [0.717, 1.165) is 18.2 Å². The minimum Gasteiger partial charge on any atom is -0.348 e. The van der Waals surface area contributed by atoms with Crippen LogP contribution in [-0.4, -0.2) is 18.0 Å². The Bertz CT molecular complexity index is 226. The molecule has 0 saturated heterocycles. The fraction of sp³-hybridized carbons (Fsp3) is 0.667. The van der Waals surface area contributed by atoms with Gasteiger partial charge >= 0.3 is 0 Å². The van der Waals surface area contributed by atoms with E-state index >= 15 is 0 Å². The first kappa shape index (κ1) is 9.10. The molecule has 12 heavy (non-hydrogen) atoms.